The summed E-state index contributed by atoms with van der Waals surface area (Å²) in [5, 5.41) is 3.71. The molecule has 3 aromatic carbocycles. The van der Waals surface area contributed by atoms with E-state index in [0.717, 1.165) is 0 Å². The average Bonchev–Trinajstić information content (AvgIpc) is 2.86. The standard InChI is InChI=1S/C26H23ClN2O5/c1-29-19-12-8-6-10-17(19)23(30)22(15-13-20(32-2)24(34-4)21(14-15)33-3)25(29)28-26(31)16-9-5-7-11-18(16)27/h5-14H,1-4H3,(H,28,31). The van der Waals surface area contributed by atoms with Crippen LogP contribution < -0.4 is 25.0 Å². The Hall–Kier alpha value is -3.97. The van der Waals surface area contributed by atoms with Gasteiger partial charge in [0.25, 0.3) is 5.91 Å². The number of halogens is 1. The highest BCUT2D eigenvalue weighted by Gasteiger charge is 2.23. The van der Waals surface area contributed by atoms with Crippen LogP contribution in [-0.4, -0.2) is 31.8 Å². The Kier molecular flexibility index (Phi) is 6.47. The lowest BCUT2D eigenvalue weighted by Gasteiger charge is -2.20. The van der Waals surface area contributed by atoms with Gasteiger partial charge in [0.1, 0.15) is 5.82 Å². The van der Waals surface area contributed by atoms with Crippen molar-refractivity contribution in [3.63, 3.8) is 0 Å². The Labute approximate surface area is 201 Å². The summed E-state index contributed by atoms with van der Waals surface area (Å²) in [7, 11) is 6.29. The van der Waals surface area contributed by atoms with E-state index in [1.54, 1.807) is 60.1 Å². The third kappa shape index (κ3) is 3.95. The number of rotatable bonds is 6. The first-order chi connectivity index (χ1) is 16.4. The molecule has 0 saturated carbocycles. The summed E-state index contributed by atoms with van der Waals surface area (Å²) in [6.45, 7) is 0. The van der Waals surface area contributed by atoms with Gasteiger partial charge in [-0.05, 0) is 42.0 Å². The molecular weight excluding hydrogens is 456 g/mol. The van der Waals surface area contributed by atoms with E-state index in [0.29, 0.717) is 50.1 Å². The lowest BCUT2D eigenvalue weighted by atomic mass is 10.0. The van der Waals surface area contributed by atoms with E-state index < -0.39 is 5.91 Å². The maximum absolute atomic E-state index is 13.7. The zero-order chi connectivity index (χ0) is 24.4. The van der Waals surface area contributed by atoms with Crippen LogP contribution in [0.5, 0.6) is 17.2 Å². The van der Waals surface area contributed by atoms with Gasteiger partial charge in [0.2, 0.25) is 5.75 Å². The largest absolute Gasteiger partial charge is 0.493 e. The predicted octanol–water partition coefficient (Wildman–Crippen LogP) is 5.14. The molecule has 4 aromatic rings. The Bertz CT molecular complexity index is 1440. The summed E-state index contributed by atoms with van der Waals surface area (Å²) >= 11 is 6.24. The smallest absolute Gasteiger partial charge is 0.258 e. The molecule has 0 saturated heterocycles. The Balaban J connectivity index is 2.02. The molecule has 0 aliphatic carbocycles. The molecule has 0 spiro atoms. The van der Waals surface area contributed by atoms with Crippen molar-refractivity contribution in [3.05, 3.63) is 81.5 Å². The maximum Gasteiger partial charge on any atom is 0.258 e. The van der Waals surface area contributed by atoms with Crippen LogP contribution in [-0.2, 0) is 7.05 Å². The summed E-state index contributed by atoms with van der Waals surface area (Å²) in [6, 6.07) is 17.3. The molecule has 0 unspecified atom stereocenters. The van der Waals surface area contributed by atoms with Crippen LogP contribution in [0.15, 0.2) is 65.5 Å². The predicted molar refractivity (Wildman–Crippen MR) is 134 cm³/mol. The molecule has 7 nitrogen and oxygen atoms in total. The van der Waals surface area contributed by atoms with Crippen molar-refractivity contribution in [2.45, 2.75) is 0 Å². The number of nitrogens with one attached hydrogen (secondary N) is 1. The van der Waals surface area contributed by atoms with Crippen LogP contribution in [0, 0.1) is 0 Å². The van der Waals surface area contributed by atoms with Crippen LogP contribution in [0.2, 0.25) is 5.02 Å². The molecule has 0 bridgehead atoms. The minimum absolute atomic E-state index is 0.252. The van der Waals surface area contributed by atoms with Gasteiger partial charge in [0.05, 0.1) is 43.0 Å². The lowest BCUT2D eigenvalue weighted by molar-refractivity contribution is 0.102. The van der Waals surface area contributed by atoms with Gasteiger partial charge in [0.15, 0.2) is 16.9 Å². The quantitative estimate of drug-likeness (QED) is 0.415. The highest BCUT2D eigenvalue weighted by atomic mass is 35.5. The van der Waals surface area contributed by atoms with Crippen LogP contribution >= 0.6 is 11.6 Å². The molecule has 0 aliphatic heterocycles. The number of ether oxygens (including phenoxy) is 3. The number of para-hydroxylation sites is 1. The van der Waals surface area contributed by atoms with Gasteiger partial charge in [-0.1, -0.05) is 35.9 Å². The minimum atomic E-state index is -0.440. The zero-order valence-electron chi connectivity index (χ0n) is 19.1. The summed E-state index contributed by atoms with van der Waals surface area (Å²) in [5.74, 6) is 1.03. The van der Waals surface area contributed by atoms with Crippen LogP contribution in [0.3, 0.4) is 0 Å². The first-order valence-electron chi connectivity index (χ1n) is 10.4. The van der Waals surface area contributed by atoms with E-state index >= 15 is 0 Å². The molecule has 4 rings (SSSR count). The number of amides is 1. The second-order valence-corrected chi connectivity index (χ2v) is 7.88. The average molecular weight is 479 g/mol. The Morgan fingerprint density at radius 3 is 2.15 bits per heavy atom. The minimum Gasteiger partial charge on any atom is -0.493 e. The monoisotopic (exact) mass is 478 g/mol. The Morgan fingerprint density at radius 1 is 0.912 bits per heavy atom. The molecule has 8 heteroatoms. The topological polar surface area (TPSA) is 78.8 Å². The van der Waals surface area contributed by atoms with Gasteiger partial charge < -0.3 is 24.1 Å². The number of pyridine rings is 1. The number of aromatic nitrogens is 1. The maximum atomic E-state index is 13.7. The normalized spacial score (nSPS) is 10.7. The van der Waals surface area contributed by atoms with E-state index in [4.69, 9.17) is 25.8 Å². The number of fused-ring (bicyclic) bond motifs is 1. The number of anilines is 1. The fourth-order valence-electron chi connectivity index (χ4n) is 3.95. The summed E-state index contributed by atoms with van der Waals surface area (Å²) in [6.07, 6.45) is 0. The van der Waals surface area contributed by atoms with E-state index in [2.05, 4.69) is 5.32 Å². The fourth-order valence-corrected chi connectivity index (χ4v) is 4.17. The molecule has 174 valence electrons. The third-order valence-corrected chi connectivity index (χ3v) is 5.94. The van der Waals surface area contributed by atoms with Gasteiger partial charge in [-0.2, -0.15) is 0 Å². The SMILES string of the molecule is COc1cc(-c2c(NC(=O)c3ccccc3Cl)n(C)c3ccccc3c2=O)cc(OC)c1OC. The molecule has 1 N–H and O–H groups in total. The molecule has 0 fully saturated rings. The van der Waals surface area contributed by atoms with Crippen molar-refractivity contribution in [3.8, 4) is 28.4 Å². The molecule has 1 heterocycles. The van der Waals surface area contributed by atoms with Gasteiger partial charge in [-0.15, -0.1) is 0 Å². The van der Waals surface area contributed by atoms with Crippen molar-refractivity contribution in [1.82, 2.24) is 4.57 Å². The number of hydrogen-bond acceptors (Lipinski definition) is 5. The van der Waals surface area contributed by atoms with Crippen molar-refractivity contribution >= 4 is 34.2 Å². The van der Waals surface area contributed by atoms with E-state index in [9.17, 15) is 9.59 Å². The number of carbonyl (C=O) groups excluding carboxylic acids is 1. The van der Waals surface area contributed by atoms with Gasteiger partial charge in [0, 0.05) is 12.4 Å². The first-order valence-corrected chi connectivity index (χ1v) is 10.8. The van der Waals surface area contributed by atoms with Gasteiger partial charge in [-0.3, -0.25) is 9.59 Å². The number of hydrogen-bond donors (Lipinski definition) is 1. The molecule has 34 heavy (non-hydrogen) atoms. The molecule has 1 amide bonds. The second-order valence-electron chi connectivity index (χ2n) is 7.48. The van der Waals surface area contributed by atoms with Gasteiger partial charge >= 0.3 is 0 Å². The number of methoxy groups -OCH3 is 3. The summed E-state index contributed by atoms with van der Waals surface area (Å²) < 4.78 is 18.2. The number of carbonyl (C=O) groups is 1. The van der Waals surface area contributed by atoms with E-state index in [-0.39, 0.29) is 11.0 Å². The van der Waals surface area contributed by atoms with E-state index in [1.807, 2.05) is 12.1 Å². The highest BCUT2D eigenvalue weighted by Crippen LogP contribution is 2.42. The summed E-state index contributed by atoms with van der Waals surface area (Å²) in [5.41, 5.74) is 1.48. The van der Waals surface area contributed by atoms with Crippen LogP contribution in [0.1, 0.15) is 10.4 Å². The number of aryl methyl sites for hydroxylation is 1. The van der Waals surface area contributed by atoms with Crippen molar-refractivity contribution in [1.29, 1.82) is 0 Å². The van der Waals surface area contributed by atoms with Crippen LogP contribution in [0.4, 0.5) is 5.82 Å². The van der Waals surface area contributed by atoms with Crippen molar-refractivity contribution < 1.29 is 19.0 Å². The second kappa shape index (κ2) is 9.49. The summed E-state index contributed by atoms with van der Waals surface area (Å²) in [4.78, 5) is 26.9. The molecular formula is C26H23ClN2O5. The lowest BCUT2D eigenvalue weighted by Crippen LogP contribution is -2.21. The molecule has 0 aliphatic rings. The van der Waals surface area contributed by atoms with Crippen molar-refractivity contribution in [2.24, 2.45) is 7.05 Å². The molecule has 1 aromatic heterocycles. The fraction of sp³-hybridized carbons (Fsp3) is 0.154. The molecule has 0 atom stereocenters. The number of nitrogens with zero attached hydrogens (tertiary/aromatic N) is 1. The van der Waals surface area contributed by atoms with Crippen LogP contribution in [0.25, 0.3) is 22.0 Å². The van der Waals surface area contributed by atoms with E-state index in [1.165, 1.54) is 21.3 Å². The first kappa shape index (κ1) is 23.2. The Morgan fingerprint density at radius 2 is 1.53 bits per heavy atom. The van der Waals surface area contributed by atoms with Crippen molar-refractivity contribution in [2.75, 3.05) is 26.6 Å². The van der Waals surface area contributed by atoms with Gasteiger partial charge in [-0.25, -0.2) is 0 Å². The molecule has 0 radical (unpaired) electrons. The number of benzene rings is 3. The third-order valence-electron chi connectivity index (χ3n) is 5.61. The zero-order valence-corrected chi connectivity index (χ0v) is 19.9. The highest BCUT2D eigenvalue weighted by molar-refractivity contribution is 6.34.